The number of alkyl halides is 3. The Labute approximate surface area is 118 Å². The van der Waals surface area contributed by atoms with Crippen LogP contribution in [0.4, 0.5) is 13.2 Å². The molecule has 110 valence electrons. The molecule has 0 aliphatic rings. The molecule has 0 saturated carbocycles. The zero-order chi connectivity index (χ0) is 13.8. The highest BCUT2D eigenvalue weighted by Crippen LogP contribution is 2.30. The standard InChI is InChI=1S/C13H19F3N2.ClH/c1-10-8-12(13(14,15)16)5-4-11(10)9-18(3)7-6-17-2;/h4-5,8,17H,6-7,9H2,1-3H3;1H. The Morgan fingerprint density at radius 1 is 1.26 bits per heavy atom. The molecular formula is C13H20ClF3N2. The molecule has 1 rings (SSSR count). The predicted octanol–water partition coefficient (Wildman–Crippen LogP) is 3.09. The second-order valence-electron chi connectivity index (χ2n) is 4.48. The van der Waals surface area contributed by atoms with Crippen molar-refractivity contribution in [3.8, 4) is 0 Å². The topological polar surface area (TPSA) is 15.3 Å². The van der Waals surface area contributed by atoms with E-state index in [0.29, 0.717) is 12.1 Å². The molecule has 0 amide bonds. The van der Waals surface area contributed by atoms with E-state index >= 15 is 0 Å². The van der Waals surface area contributed by atoms with Gasteiger partial charge < -0.3 is 10.2 Å². The average molecular weight is 297 g/mol. The Bertz CT molecular complexity index is 394. The monoisotopic (exact) mass is 296 g/mol. The first-order chi connectivity index (χ1) is 8.34. The van der Waals surface area contributed by atoms with Crippen molar-refractivity contribution in [1.82, 2.24) is 10.2 Å². The normalized spacial score (nSPS) is 11.5. The molecule has 0 aliphatic carbocycles. The van der Waals surface area contributed by atoms with Gasteiger partial charge in [0.1, 0.15) is 0 Å². The zero-order valence-corrected chi connectivity index (χ0v) is 12.2. The second-order valence-corrected chi connectivity index (χ2v) is 4.48. The van der Waals surface area contributed by atoms with Crippen LogP contribution in [0.2, 0.25) is 0 Å². The van der Waals surface area contributed by atoms with E-state index in [-0.39, 0.29) is 12.4 Å². The van der Waals surface area contributed by atoms with Crippen LogP contribution in [0, 0.1) is 6.92 Å². The van der Waals surface area contributed by atoms with Gasteiger partial charge in [-0.05, 0) is 44.3 Å². The number of aryl methyl sites for hydroxylation is 1. The fraction of sp³-hybridized carbons (Fsp3) is 0.538. The van der Waals surface area contributed by atoms with Gasteiger partial charge in [0.25, 0.3) is 0 Å². The first kappa shape index (κ1) is 18.2. The van der Waals surface area contributed by atoms with Gasteiger partial charge in [0, 0.05) is 19.6 Å². The van der Waals surface area contributed by atoms with Gasteiger partial charge in [0.15, 0.2) is 0 Å². The largest absolute Gasteiger partial charge is 0.416 e. The third-order valence-electron chi connectivity index (χ3n) is 2.85. The first-order valence-electron chi connectivity index (χ1n) is 5.84. The number of rotatable bonds is 5. The van der Waals surface area contributed by atoms with Crippen LogP contribution in [-0.4, -0.2) is 32.1 Å². The van der Waals surface area contributed by atoms with E-state index in [9.17, 15) is 13.2 Å². The van der Waals surface area contributed by atoms with E-state index in [1.807, 2.05) is 14.1 Å². The fourth-order valence-electron chi connectivity index (χ4n) is 1.72. The fourth-order valence-corrected chi connectivity index (χ4v) is 1.72. The summed E-state index contributed by atoms with van der Waals surface area (Å²) in [6.45, 7) is 4.09. The SMILES string of the molecule is CNCCN(C)Cc1ccc(C(F)(F)F)cc1C.Cl. The Kier molecular flexibility index (Phi) is 7.41. The van der Waals surface area contributed by atoms with Crippen molar-refractivity contribution in [3.05, 3.63) is 34.9 Å². The quantitative estimate of drug-likeness (QED) is 0.898. The highest BCUT2D eigenvalue weighted by molar-refractivity contribution is 5.85. The van der Waals surface area contributed by atoms with Crippen molar-refractivity contribution >= 4 is 12.4 Å². The summed E-state index contributed by atoms with van der Waals surface area (Å²) in [6, 6.07) is 3.92. The van der Waals surface area contributed by atoms with Crippen LogP contribution in [0.15, 0.2) is 18.2 Å². The molecule has 1 N–H and O–H groups in total. The number of benzene rings is 1. The number of halogens is 4. The molecule has 0 aromatic heterocycles. The number of hydrogen-bond donors (Lipinski definition) is 1. The maximum Gasteiger partial charge on any atom is 0.416 e. The van der Waals surface area contributed by atoms with Crippen molar-refractivity contribution in [3.63, 3.8) is 0 Å². The van der Waals surface area contributed by atoms with Crippen molar-refractivity contribution in [2.45, 2.75) is 19.6 Å². The summed E-state index contributed by atoms with van der Waals surface area (Å²) in [6.07, 6.45) is -4.26. The van der Waals surface area contributed by atoms with E-state index in [4.69, 9.17) is 0 Å². The average Bonchev–Trinajstić information content (AvgIpc) is 2.27. The third-order valence-corrected chi connectivity index (χ3v) is 2.85. The van der Waals surface area contributed by atoms with E-state index in [1.165, 1.54) is 6.07 Å². The lowest BCUT2D eigenvalue weighted by Gasteiger charge is -2.18. The van der Waals surface area contributed by atoms with Crippen LogP contribution in [0.1, 0.15) is 16.7 Å². The molecule has 0 atom stereocenters. The molecule has 0 unspecified atom stereocenters. The van der Waals surface area contributed by atoms with E-state index in [0.717, 1.165) is 24.7 Å². The Hall–Kier alpha value is -0.780. The van der Waals surface area contributed by atoms with Crippen molar-refractivity contribution < 1.29 is 13.2 Å². The molecule has 0 heterocycles. The lowest BCUT2D eigenvalue weighted by Crippen LogP contribution is -2.27. The molecule has 0 spiro atoms. The predicted molar refractivity (Wildman–Crippen MR) is 73.7 cm³/mol. The lowest BCUT2D eigenvalue weighted by molar-refractivity contribution is -0.137. The number of likely N-dealkylation sites (N-methyl/N-ethyl adjacent to an activating group) is 2. The maximum atomic E-state index is 12.5. The molecule has 0 aliphatic heterocycles. The molecule has 2 nitrogen and oxygen atoms in total. The maximum absolute atomic E-state index is 12.5. The van der Waals surface area contributed by atoms with Crippen molar-refractivity contribution in [2.24, 2.45) is 0 Å². The molecule has 0 bridgehead atoms. The van der Waals surface area contributed by atoms with Crippen LogP contribution >= 0.6 is 12.4 Å². The summed E-state index contributed by atoms with van der Waals surface area (Å²) in [5, 5.41) is 3.04. The van der Waals surface area contributed by atoms with Gasteiger partial charge in [0.2, 0.25) is 0 Å². The smallest absolute Gasteiger partial charge is 0.318 e. The summed E-state index contributed by atoms with van der Waals surface area (Å²) < 4.78 is 37.5. The molecule has 1 aromatic carbocycles. The van der Waals surface area contributed by atoms with Crippen LogP contribution < -0.4 is 5.32 Å². The van der Waals surface area contributed by atoms with Crippen LogP contribution in [-0.2, 0) is 12.7 Å². The van der Waals surface area contributed by atoms with E-state index in [1.54, 1.807) is 13.0 Å². The Morgan fingerprint density at radius 3 is 2.37 bits per heavy atom. The Morgan fingerprint density at radius 2 is 1.89 bits per heavy atom. The highest BCUT2D eigenvalue weighted by atomic mass is 35.5. The molecule has 0 saturated heterocycles. The minimum atomic E-state index is -4.26. The molecule has 1 aromatic rings. The summed E-state index contributed by atoms with van der Waals surface area (Å²) in [4.78, 5) is 2.08. The number of nitrogens with one attached hydrogen (secondary N) is 1. The van der Waals surface area contributed by atoms with Gasteiger partial charge >= 0.3 is 6.18 Å². The summed E-state index contributed by atoms with van der Waals surface area (Å²) in [5.74, 6) is 0. The van der Waals surface area contributed by atoms with E-state index < -0.39 is 11.7 Å². The summed E-state index contributed by atoms with van der Waals surface area (Å²) in [7, 11) is 3.83. The minimum Gasteiger partial charge on any atom is -0.318 e. The van der Waals surface area contributed by atoms with Gasteiger partial charge in [-0.2, -0.15) is 13.2 Å². The number of nitrogens with zero attached hydrogens (tertiary/aromatic N) is 1. The van der Waals surface area contributed by atoms with Gasteiger partial charge in [0.05, 0.1) is 5.56 Å². The third kappa shape index (κ3) is 5.80. The van der Waals surface area contributed by atoms with Gasteiger partial charge in [-0.15, -0.1) is 12.4 Å². The van der Waals surface area contributed by atoms with E-state index in [2.05, 4.69) is 10.2 Å². The van der Waals surface area contributed by atoms with Crippen molar-refractivity contribution in [1.29, 1.82) is 0 Å². The molecular weight excluding hydrogens is 277 g/mol. The second kappa shape index (κ2) is 7.72. The summed E-state index contributed by atoms with van der Waals surface area (Å²) >= 11 is 0. The van der Waals surface area contributed by atoms with Crippen LogP contribution in [0.5, 0.6) is 0 Å². The zero-order valence-electron chi connectivity index (χ0n) is 11.3. The van der Waals surface area contributed by atoms with Crippen molar-refractivity contribution in [2.75, 3.05) is 27.2 Å². The molecule has 6 heteroatoms. The van der Waals surface area contributed by atoms with Gasteiger partial charge in [-0.3, -0.25) is 0 Å². The van der Waals surface area contributed by atoms with Gasteiger partial charge in [-0.25, -0.2) is 0 Å². The Balaban J connectivity index is 0.00000324. The minimum absolute atomic E-state index is 0. The molecule has 0 radical (unpaired) electrons. The van der Waals surface area contributed by atoms with Crippen LogP contribution in [0.25, 0.3) is 0 Å². The molecule has 0 fully saturated rings. The number of hydrogen-bond acceptors (Lipinski definition) is 2. The summed E-state index contributed by atoms with van der Waals surface area (Å²) in [5.41, 5.74) is 1.03. The molecule has 19 heavy (non-hydrogen) atoms. The lowest BCUT2D eigenvalue weighted by atomic mass is 10.0. The van der Waals surface area contributed by atoms with Gasteiger partial charge in [-0.1, -0.05) is 6.07 Å². The highest BCUT2D eigenvalue weighted by Gasteiger charge is 2.30. The first-order valence-corrected chi connectivity index (χ1v) is 5.84. The van der Waals surface area contributed by atoms with Crippen LogP contribution in [0.3, 0.4) is 0 Å².